The molecule has 1 saturated carbocycles. The number of anilines is 1. The van der Waals surface area contributed by atoms with Crippen molar-refractivity contribution < 1.29 is 14.0 Å². The lowest BCUT2D eigenvalue weighted by molar-refractivity contribution is -0.120. The van der Waals surface area contributed by atoms with Gasteiger partial charge in [-0.1, -0.05) is 29.8 Å². The Balaban J connectivity index is 1.51. The van der Waals surface area contributed by atoms with Crippen molar-refractivity contribution in [3.8, 4) is 0 Å². The Kier molecular flexibility index (Phi) is 5.34. The molecule has 0 atom stereocenters. The molecule has 2 amide bonds. The van der Waals surface area contributed by atoms with Crippen LogP contribution < -0.4 is 10.6 Å². The molecule has 0 saturated heterocycles. The maximum atomic E-state index is 13.7. The molecule has 4 nitrogen and oxygen atoms in total. The Morgan fingerprint density at radius 1 is 1.12 bits per heavy atom. The van der Waals surface area contributed by atoms with Gasteiger partial charge in [-0.15, -0.1) is 0 Å². The molecule has 1 aliphatic rings. The van der Waals surface area contributed by atoms with Crippen LogP contribution in [-0.4, -0.2) is 11.8 Å². The molecule has 0 bridgehead atoms. The molecular weight excluding hydrogens is 343 g/mol. The number of benzene rings is 2. The first-order chi connectivity index (χ1) is 12.0. The molecule has 2 aromatic carbocycles. The maximum Gasteiger partial charge on any atom is 0.227 e. The number of rotatable bonds is 6. The number of halogens is 2. The molecule has 2 aromatic rings. The average molecular weight is 361 g/mol. The zero-order valence-corrected chi connectivity index (χ0v) is 14.3. The molecule has 130 valence electrons. The van der Waals surface area contributed by atoms with Gasteiger partial charge in [-0.3, -0.25) is 9.59 Å². The van der Waals surface area contributed by atoms with E-state index in [0.717, 1.165) is 24.1 Å². The molecule has 0 unspecified atom stereocenters. The van der Waals surface area contributed by atoms with Gasteiger partial charge in [0.05, 0.1) is 6.42 Å². The third-order valence-electron chi connectivity index (χ3n) is 4.06. The number of nitrogens with one attached hydrogen (secondary N) is 2. The zero-order valence-electron chi connectivity index (χ0n) is 13.5. The summed E-state index contributed by atoms with van der Waals surface area (Å²) in [6.07, 6.45) is 1.81. The van der Waals surface area contributed by atoms with Gasteiger partial charge in [0.15, 0.2) is 0 Å². The molecular formula is C19H18ClFN2O2. The van der Waals surface area contributed by atoms with Crippen molar-refractivity contribution in [2.24, 2.45) is 5.92 Å². The van der Waals surface area contributed by atoms with Crippen LogP contribution in [0, 0.1) is 11.7 Å². The Morgan fingerprint density at radius 2 is 1.84 bits per heavy atom. The highest BCUT2D eigenvalue weighted by molar-refractivity contribution is 6.31. The number of carbonyl (C=O) groups excluding carboxylic acids is 2. The van der Waals surface area contributed by atoms with Crippen LogP contribution >= 0.6 is 11.6 Å². The predicted molar refractivity (Wildman–Crippen MR) is 94.8 cm³/mol. The van der Waals surface area contributed by atoms with Crippen LogP contribution in [0.2, 0.25) is 5.02 Å². The van der Waals surface area contributed by atoms with Gasteiger partial charge in [0.1, 0.15) is 5.82 Å². The van der Waals surface area contributed by atoms with Crippen LogP contribution in [0.1, 0.15) is 24.0 Å². The number of hydrogen-bond donors (Lipinski definition) is 2. The van der Waals surface area contributed by atoms with E-state index < -0.39 is 5.82 Å². The minimum absolute atomic E-state index is 0.0582. The SMILES string of the molecule is O=C(Cc1c(F)cccc1Cl)NCc1ccc(NC(=O)C2CC2)cc1. The van der Waals surface area contributed by atoms with E-state index >= 15 is 0 Å². The second-order valence-corrected chi connectivity index (χ2v) is 6.52. The Hall–Kier alpha value is -2.40. The molecule has 2 N–H and O–H groups in total. The Bertz CT molecular complexity index is 768. The quantitative estimate of drug-likeness (QED) is 0.825. The second kappa shape index (κ2) is 7.66. The van der Waals surface area contributed by atoms with E-state index in [9.17, 15) is 14.0 Å². The first kappa shape index (κ1) is 17.4. The largest absolute Gasteiger partial charge is 0.352 e. The lowest BCUT2D eigenvalue weighted by Crippen LogP contribution is -2.25. The van der Waals surface area contributed by atoms with E-state index in [-0.39, 0.29) is 34.7 Å². The molecule has 1 fully saturated rings. The third kappa shape index (κ3) is 4.79. The maximum absolute atomic E-state index is 13.7. The van der Waals surface area contributed by atoms with E-state index in [1.165, 1.54) is 12.1 Å². The van der Waals surface area contributed by atoms with Gasteiger partial charge in [0.2, 0.25) is 11.8 Å². The van der Waals surface area contributed by atoms with Gasteiger partial charge in [-0.25, -0.2) is 4.39 Å². The summed E-state index contributed by atoms with van der Waals surface area (Å²) >= 11 is 5.92. The number of hydrogen-bond acceptors (Lipinski definition) is 2. The summed E-state index contributed by atoms with van der Waals surface area (Å²) in [5.41, 5.74) is 1.82. The molecule has 0 spiro atoms. The first-order valence-electron chi connectivity index (χ1n) is 8.12. The summed E-state index contributed by atoms with van der Waals surface area (Å²) in [6, 6.07) is 11.6. The highest BCUT2D eigenvalue weighted by atomic mass is 35.5. The van der Waals surface area contributed by atoms with Crippen molar-refractivity contribution >= 4 is 29.1 Å². The highest BCUT2D eigenvalue weighted by Gasteiger charge is 2.29. The Labute approximate surface area is 150 Å². The predicted octanol–water partition coefficient (Wildman–Crippen LogP) is 3.69. The van der Waals surface area contributed by atoms with Crippen LogP contribution in [0.4, 0.5) is 10.1 Å². The smallest absolute Gasteiger partial charge is 0.227 e. The van der Waals surface area contributed by atoms with E-state index in [2.05, 4.69) is 10.6 Å². The summed E-state index contributed by atoms with van der Waals surface area (Å²) in [6.45, 7) is 0.321. The van der Waals surface area contributed by atoms with Crippen LogP contribution in [0.3, 0.4) is 0 Å². The normalized spacial score (nSPS) is 13.4. The van der Waals surface area contributed by atoms with Crippen molar-refractivity contribution in [2.45, 2.75) is 25.8 Å². The lowest BCUT2D eigenvalue weighted by atomic mass is 10.1. The summed E-state index contributed by atoms with van der Waals surface area (Å²) in [7, 11) is 0. The minimum Gasteiger partial charge on any atom is -0.352 e. The minimum atomic E-state index is -0.488. The fourth-order valence-electron chi connectivity index (χ4n) is 2.42. The van der Waals surface area contributed by atoms with Crippen LogP contribution in [0.5, 0.6) is 0 Å². The van der Waals surface area contributed by atoms with Gasteiger partial charge in [-0.2, -0.15) is 0 Å². The van der Waals surface area contributed by atoms with Crippen LogP contribution in [-0.2, 0) is 22.6 Å². The molecule has 1 aliphatic carbocycles. The monoisotopic (exact) mass is 360 g/mol. The van der Waals surface area contributed by atoms with Crippen molar-refractivity contribution in [3.05, 3.63) is 64.4 Å². The van der Waals surface area contributed by atoms with E-state index in [1.807, 2.05) is 12.1 Å². The fourth-order valence-corrected chi connectivity index (χ4v) is 2.65. The molecule has 3 rings (SSSR count). The molecule has 0 aliphatic heterocycles. The summed E-state index contributed by atoms with van der Waals surface area (Å²) in [5, 5.41) is 5.84. The fraction of sp³-hybridized carbons (Fsp3) is 0.263. The summed E-state index contributed by atoms with van der Waals surface area (Å²) in [5.74, 6) is -0.580. The van der Waals surface area contributed by atoms with Crippen molar-refractivity contribution in [2.75, 3.05) is 5.32 Å². The molecule has 0 heterocycles. The van der Waals surface area contributed by atoms with Gasteiger partial charge in [0, 0.05) is 28.7 Å². The molecule has 0 radical (unpaired) electrons. The van der Waals surface area contributed by atoms with E-state index in [0.29, 0.717) is 6.54 Å². The first-order valence-corrected chi connectivity index (χ1v) is 8.50. The van der Waals surface area contributed by atoms with E-state index in [1.54, 1.807) is 18.2 Å². The zero-order chi connectivity index (χ0) is 17.8. The standard InChI is InChI=1S/C19H18ClFN2O2/c20-16-2-1-3-17(21)15(16)10-18(24)22-11-12-4-8-14(9-5-12)23-19(25)13-6-7-13/h1-5,8-9,13H,6-7,10-11H2,(H,22,24)(H,23,25). The van der Waals surface area contributed by atoms with Crippen molar-refractivity contribution in [1.29, 1.82) is 0 Å². The summed E-state index contributed by atoms with van der Waals surface area (Å²) < 4.78 is 13.7. The van der Waals surface area contributed by atoms with Crippen LogP contribution in [0.15, 0.2) is 42.5 Å². The van der Waals surface area contributed by atoms with Gasteiger partial charge < -0.3 is 10.6 Å². The number of amides is 2. The second-order valence-electron chi connectivity index (χ2n) is 6.11. The third-order valence-corrected chi connectivity index (χ3v) is 4.41. The van der Waals surface area contributed by atoms with Crippen molar-refractivity contribution in [3.63, 3.8) is 0 Å². The van der Waals surface area contributed by atoms with Gasteiger partial charge >= 0.3 is 0 Å². The topological polar surface area (TPSA) is 58.2 Å². The van der Waals surface area contributed by atoms with Crippen LogP contribution in [0.25, 0.3) is 0 Å². The molecule has 0 aromatic heterocycles. The van der Waals surface area contributed by atoms with Crippen molar-refractivity contribution in [1.82, 2.24) is 5.32 Å². The highest BCUT2D eigenvalue weighted by Crippen LogP contribution is 2.30. The average Bonchev–Trinajstić information content (AvgIpc) is 3.43. The molecule has 25 heavy (non-hydrogen) atoms. The Morgan fingerprint density at radius 3 is 2.48 bits per heavy atom. The van der Waals surface area contributed by atoms with Gasteiger partial charge in [-0.05, 0) is 42.7 Å². The molecule has 6 heteroatoms. The number of carbonyl (C=O) groups is 2. The van der Waals surface area contributed by atoms with E-state index in [4.69, 9.17) is 11.6 Å². The lowest BCUT2D eigenvalue weighted by Gasteiger charge is -2.09. The van der Waals surface area contributed by atoms with Gasteiger partial charge in [0.25, 0.3) is 0 Å². The summed E-state index contributed by atoms with van der Waals surface area (Å²) in [4.78, 5) is 23.7.